The number of carbonyl (C=O) groups is 3. The Labute approximate surface area is 210 Å². The topological polar surface area (TPSA) is 212 Å². The van der Waals surface area contributed by atoms with Crippen LogP contribution in [0.25, 0.3) is 0 Å². The van der Waals surface area contributed by atoms with Gasteiger partial charge in [-0.2, -0.15) is 0 Å². The summed E-state index contributed by atoms with van der Waals surface area (Å²) in [6.45, 7) is 0.425. The Morgan fingerprint density at radius 1 is 1.19 bits per heavy atom. The Hall–Kier alpha value is -2.92. The molecule has 0 unspecified atom stereocenters. The monoisotopic (exact) mass is 526 g/mol. The standard InChI is InChI=1S/C21H30N6O8S/c1-26(2)5-3-4-23-19(34)12-6-10(24-18(33)11-9-36-20(25-11)17(22)32)7-27(12)21-16(31)15(30)14(29)13(8-28)35-21/h6-7,9,13-16,21,28-31H,3-5,8H2,1-2H3,(H2,22,32)(H,23,34)(H,24,33)/t13-,14-,15-,16+,21+/m1/s1. The molecule has 2 aromatic heterocycles. The zero-order valence-electron chi connectivity index (χ0n) is 19.7. The average Bonchev–Trinajstić information content (AvgIpc) is 3.48. The summed E-state index contributed by atoms with van der Waals surface area (Å²) in [5.74, 6) is -2.00. The predicted molar refractivity (Wildman–Crippen MR) is 128 cm³/mol. The van der Waals surface area contributed by atoms with E-state index >= 15 is 0 Å². The normalized spacial score (nSPS) is 24.0. The zero-order chi connectivity index (χ0) is 26.6. The lowest BCUT2D eigenvalue weighted by molar-refractivity contribution is -0.251. The van der Waals surface area contributed by atoms with Crippen molar-refractivity contribution in [3.05, 3.63) is 34.0 Å². The van der Waals surface area contributed by atoms with E-state index in [2.05, 4.69) is 15.6 Å². The van der Waals surface area contributed by atoms with Gasteiger partial charge in [0.15, 0.2) is 11.2 Å². The van der Waals surface area contributed by atoms with Crippen molar-refractivity contribution in [3.8, 4) is 0 Å². The van der Waals surface area contributed by atoms with Gasteiger partial charge in [-0.25, -0.2) is 4.98 Å². The number of hydrogen-bond donors (Lipinski definition) is 7. The number of nitrogens with one attached hydrogen (secondary N) is 2. The van der Waals surface area contributed by atoms with Gasteiger partial charge in [-0.1, -0.05) is 0 Å². The molecular formula is C21H30N6O8S. The van der Waals surface area contributed by atoms with Gasteiger partial charge in [0.05, 0.1) is 12.3 Å². The van der Waals surface area contributed by atoms with Crippen LogP contribution in [0.4, 0.5) is 5.69 Å². The summed E-state index contributed by atoms with van der Waals surface area (Å²) in [6.07, 6.45) is -5.50. The highest BCUT2D eigenvalue weighted by molar-refractivity contribution is 7.11. The van der Waals surface area contributed by atoms with Crippen molar-refractivity contribution >= 4 is 34.7 Å². The molecule has 1 aliphatic rings. The van der Waals surface area contributed by atoms with Crippen LogP contribution < -0.4 is 16.4 Å². The molecule has 1 aliphatic heterocycles. The van der Waals surface area contributed by atoms with Crippen molar-refractivity contribution in [2.24, 2.45) is 5.73 Å². The number of anilines is 1. The van der Waals surface area contributed by atoms with E-state index in [1.165, 1.54) is 22.2 Å². The third-order valence-corrected chi connectivity index (χ3v) is 6.35. The van der Waals surface area contributed by atoms with Gasteiger partial charge in [-0.3, -0.25) is 14.4 Å². The van der Waals surface area contributed by atoms with E-state index in [0.717, 1.165) is 17.9 Å². The quantitative estimate of drug-likeness (QED) is 0.168. The molecule has 1 saturated heterocycles. The summed E-state index contributed by atoms with van der Waals surface area (Å²) in [6, 6.07) is 1.34. The average molecular weight is 527 g/mol. The molecule has 0 spiro atoms. The minimum Gasteiger partial charge on any atom is -0.394 e. The molecule has 198 valence electrons. The van der Waals surface area contributed by atoms with Crippen LogP contribution in [0.1, 0.15) is 43.4 Å². The van der Waals surface area contributed by atoms with Crippen molar-refractivity contribution in [1.82, 2.24) is 19.8 Å². The van der Waals surface area contributed by atoms with Crippen LogP contribution in [-0.4, -0.2) is 111 Å². The molecule has 0 aliphatic carbocycles. The Kier molecular flexibility index (Phi) is 9.13. The number of thiazole rings is 1. The molecule has 1 fully saturated rings. The molecule has 0 radical (unpaired) electrons. The minimum atomic E-state index is -1.67. The van der Waals surface area contributed by atoms with Gasteiger partial charge in [-0.05, 0) is 33.1 Å². The molecule has 0 bridgehead atoms. The van der Waals surface area contributed by atoms with Crippen molar-refractivity contribution < 1.29 is 39.5 Å². The number of aliphatic hydroxyl groups excluding tert-OH is 4. The Balaban J connectivity index is 1.88. The second-order valence-corrected chi connectivity index (χ2v) is 9.37. The molecule has 0 aromatic carbocycles. The number of rotatable bonds is 10. The molecule has 3 amide bonds. The van der Waals surface area contributed by atoms with E-state index < -0.39 is 55.0 Å². The fraction of sp³-hybridized carbons (Fsp3) is 0.524. The Morgan fingerprint density at radius 2 is 1.92 bits per heavy atom. The highest BCUT2D eigenvalue weighted by atomic mass is 32.1. The maximum Gasteiger partial charge on any atom is 0.277 e. The van der Waals surface area contributed by atoms with Crippen molar-refractivity contribution in [2.75, 3.05) is 39.1 Å². The van der Waals surface area contributed by atoms with Crippen LogP contribution >= 0.6 is 11.3 Å². The van der Waals surface area contributed by atoms with E-state index in [4.69, 9.17) is 10.5 Å². The smallest absolute Gasteiger partial charge is 0.277 e. The SMILES string of the molecule is CN(C)CCCNC(=O)c1cc(NC(=O)c2csc(C(N)=O)n2)cn1[C@H]1O[C@H](CO)[C@@H](O)[C@@H](O)[C@@H]1O. The summed E-state index contributed by atoms with van der Waals surface area (Å²) < 4.78 is 6.79. The van der Waals surface area contributed by atoms with Gasteiger partial charge in [0.25, 0.3) is 17.7 Å². The van der Waals surface area contributed by atoms with E-state index in [9.17, 15) is 34.8 Å². The zero-order valence-corrected chi connectivity index (χ0v) is 20.5. The Bertz CT molecular complexity index is 1090. The second-order valence-electron chi connectivity index (χ2n) is 8.51. The van der Waals surface area contributed by atoms with Gasteiger partial charge in [0.2, 0.25) is 0 Å². The van der Waals surface area contributed by atoms with Crippen molar-refractivity contribution in [2.45, 2.75) is 37.1 Å². The first-order valence-electron chi connectivity index (χ1n) is 11.1. The molecular weight excluding hydrogens is 496 g/mol. The number of aliphatic hydroxyl groups is 4. The fourth-order valence-electron chi connectivity index (χ4n) is 3.63. The first-order chi connectivity index (χ1) is 17.0. The number of amides is 3. The number of hydrogen-bond acceptors (Lipinski definition) is 11. The minimum absolute atomic E-state index is 0.0180. The third kappa shape index (κ3) is 6.25. The fourth-order valence-corrected chi connectivity index (χ4v) is 4.28. The maximum absolute atomic E-state index is 13.0. The highest BCUT2D eigenvalue weighted by Gasteiger charge is 2.45. The van der Waals surface area contributed by atoms with Crippen LogP contribution in [-0.2, 0) is 4.74 Å². The van der Waals surface area contributed by atoms with Crippen LogP contribution in [0.2, 0.25) is 0 Å². The van der Waals surface area contributed by atoms with E-state index in [0.29, 0.717) is 13.0 Å². The van der Waals surface area contributed by atoms with E-state index in [1.54, 1.807) is 0 Å². The molecule has 0 saturated carbocycles. The van der Waals surface area contributed by atoms with Crippen molar-refractivity contribution in [1.29, 1.82) is 0 Å². The number of primary amides is 1. The van der Waals surface area contributed by atoms with Crippen LogP contribution in [0.15, 0.2) is 17.6 Å². The summed E-state index contributed by atoms with van der Waals surface area (Å²) in [4.78, 5) is 42.7. The lowest BCUT2D eigenvalue weighted by Gasteiger charge is -2.40. The number of nitrogens with zero attached hydrogens (tertiary/aromatic N) is 3. The predicted octanol–water partition coefficient (Wildman–Crippen LogP) is -2.05. The summed E-state index contributed by atoms with van der Waals surface area (Å²) in [5.41, 5.74) is 5.22. The van der Waals surface area contributed by atoms with Crippen molar-refractivity contribution in [3.63, 3.8) is 0 Å². The summed E-state index contributed by atoms with van der Waals surface area (Å²) in [5, 5.41) is 47.0. The number of ether oxygens (including phenoxy) is 1. The highest BCUT2D eigenvalue weighted by Crippen LogP contribution is 2.31. The van der Waals surface area contributed by atoms with Gasteiger partial charge in [0.1, 0.15) is 35.8 Å². The maximum atomic E-state index is 13.0. The van der Waals surface area contributed by atoms with Gasteiger partial charge >= 0.3 is 0 Å². The largest absolute Gasteiger partial charge is 0.394 e. The molecule has 36 heavy (non-hydrogen) atoms. The third-order valence-electron chi connectivity index (χ3n) is 5.50. The summed E-state index contributed by atoms with van der Waals surface area (Å²) in [7, 11) is 3.80. The first kappa shape index (κ1) is 27.7. The molecule has 3 heterocycles. The lowest BCUT2D eigenvalue weighted by atomic mass is 9.98. The number of aromatic nitrogens is 2. The molecule has 3 rings (SSSR count). The van der Waals surface area contributed by atoms with Crippen LogP contribution in [0.3, 0.4) is 0 Å². The van der Waals surface area contributed by atoms with Crippen LogP contribution in [0, 0.1) is 0 Å². The second kappa shape index (κ2) is 11.9. The number of carbonyl (C=O) groups excluding carboxylic acids is 3. The van der Waals surface area contributed by atoms with Gasteiger partial charge in [0, 0.05) is 18.1 Å². The molecule has 14 nitrogen and oxygen atoms in total. The summed E-state index contributed by atoms with van der Waals surface area (Å²) >= 11 is 0.902. The van der Waals surface area contributed by atoms with E-state index in [-0.39, 0.29) is 22.1 Å². The molecule has 5 atom stereocenters. The molecule has 15 heteroatoms. The number of nitrogens with two attached hydrogens (primary N) is 1. The lowest BCUT2D eigenvalue weighted by Crippen LogP contribution is -2.56. The van der Waals surface area contributed by atoms with Gasteiger partial charge < -0.3 is 51.0 Å². The Morgan fingerprint density at radius 3 is 2.53 bits per heavy atom. The molecule has 2 aromatic rings. The first-order valence-corrected chi connectivity index (χ1v) is 11.9. The van der Waals surface area contributed by atoms with Crippen LogP contribution in [0.5, 0.6) is 0 Å². The van der Waals surface area contributed by atoms with Gasteiger partial charge in [-0.15, -0.1) is 11.3 Å². The molecule has 8 N–H and O–H groups in total. The van der Waals surface area contributed by atoms with E-state index in [1.807, 2.05) is 19.0 Å².